The van der Waals surface area contributed by atoms with E-state index in [1.165, 1.54) is 0 Å². The Balaban J connectivity index is 1.74. The molecule has 0 unspecified atom stereocenters. The van der Waals surface area contributed by atoms with Crippen molar-refractivity contribution in [1.29, 1.82) is 0 Å². The minimum Gasteiger partial charge on any atom is -0.491 e. The molecule has 1 heterocycles. The number of nitrogens with two attached hydrogens (primary N) is 1. The average Bonchev–Trinajstić information content (AvgIpc) is 2.70. The molecule has 6 heteroatoms. The molecule has 1 aromatic rings. The summed E-state index contributed by atoms with van der Waals surface area (Å²) in [5.74, 6) is 1.16. The standard InChI is InChI=1S/C14H21NO4S/c1-14(7-8-20(17,18)11-14)15-9-12(16)10-19-13-5-3-2-4-6-13/h2-6,12,15-16H,7-11H2,1H3/p+1/t12-,14+/m1/s1. The summed E-state index contributed by atoms with van der Waals surface area (Å²) in [5, 5.41) is 11.8. The van der Waals surface area contributed by atoms with Gasteiger partial charge in [-0.05, 0) is 19.1 Å². The van der Waals surface area contributed by atoms with Gasteiger partial charge in [0.15, 0.2) is 9.84 Å². The molecule has 20 heavy (non-hydrogen) atoms. The monoisotopic (exact) mass is 300 g/mol. The third kappa shape index (κ3) is 4.47. The second-order valence-electron chi connectivity index (χ2n) is 5.71. The van der Waals surface area contributed by atoms with Gasteiger partial charge in [-0.25, -0.2) is 8.42 Å². The topological polar surface area (TPSA) is 80.2 Å². The Morgan fingerprint density at radius 3 is 2.70 bits per heavy atom. The van der Waals surface area contributed by atoms with Crippen molar-refractivity contribution in [2.75, 3.05) is 24.7 Å². The molecule has 1 saturated heterocycles. The Kier molecular flexibility index (Phi) is 4.67. The molecule has 0 spiro atoms. The van der Waals surface area contributed by atoms with Crippen molar-refractivity contribution in [3.8, 4) is 5.75 Å². The summed E-state index contributed by atoms with van der Waals surface area (Å²) < 4.78 is 28.5. The maximum absolute atomic E-state index is 11.5. The highest BCUT2D eigenvalue weighted by atomic mass is 32.2. The van der Waals surface area contributed by atoms with Gasteiger partial charge in [0, 0.05) is 6.42 Å². The molecule has 2 atom stereocenters. The normalized spacial score (nSPS) is 26.3. The molecule has 0 aromatic heterocycles. The van der Waals surface area contributed by atoms with Crippen LogP contribution in [0.4, 0.5) is 0 Å². The Morgan fingerprint density at radius 2 is 2.10 bits per heavy atom. The van der Waals surface area contributed by atoms with E-state index >= 15 is 0 Å². The third-order valence-electron chi connectivity index (χ3n) is 3.60. The smallest absolute Gasteiger partial charge is 0.156 e. The number of aliphatic hydroxyl groups is 1. The van der Waals surface area contributed by atoms with Crippen LogP contribution in [-0.4, -0.2) is 49.8 Å². The highest BCUT2D eigenvalue weighted by molar-refractivity contribution is 7.91. The van der Waals surface area contributed by atoms with E-state index in [4.69, 9.17) is 4.74 Å². The van der Waals surface area contributed by atoms with Crippen molar-refractivity contribution < 1.29 is 23.6 Å². The van der Waals surface area contributed by atoms with Crippen LogP contribution in [0.2, 0.25) is 0 Å². The molecule has 3 N–H and O–H groups in total. The van der Waals surface area contributed by atoms with Gasteiger partial charge in [-0.1, -0.05) is 18.2 Å². The molecule has 1 fully saturated rings. The first-order chi connectivity index (χ1) is 9.39. The number of para-hydroxylation sites is 1. The van der Waals surface area contributed by atoms with Crippen molar-refractivity contribution in [2.24, 2.45) is 0 Å². The van der Waals surface area contributed by atoms with Gasteiger partial charge in [-0.15, -0.1) is 0 Å². The highest BCUT2D eigenvalue weighted by Crippen LogP contribution is 2.18. The molecule has 0 bridgehead atoms. The van der Waals surface area contributed by atoms with Gasteiger partial charge < -0.3 is 15.2 Å². The zero-order chi connectivity index (χ0) is 14.6. The van der Waals surface area contributed by atoms with E-state index in [-0.39, 0.29) is 23.7 Å². The largest absolute Gasteiger partial charge is 0.491 e. The van der Waals surface area contributed by atoms with Crippen LogP contribution in [-0.2, 0) is 9.84 Å². The number of sulfone groups is 1. The minimum atomic E-state index is -2.90. The molecule has 0 saturated carbocycles. The van der Waals surface area contributed by atoms with Crippen molar-refractivity contribution in [2.45, 2.75) is 25.0 Å². The predicted molar refractivity (Wildman–Crippen MR) is 76.4 cm³/mol. The van der Waals surface area contributed by atoms with Crippen LogP contribution in [0.5, 0.6) is 5.75 Å². The van der Waals surface area contributed by atoms with Gasteiger partial charge in [0.1, 0.15) is 36.3 Å². The molecule has 1 aliphatic heterocycles. The van der Waals surface area contributed by atoms with Crippen LogP contribution >= 0.6 is 0 Å². The molecule has 0 aliphatic carbocycles. The number of hydrogen-bond acceptors (Lipinski definition) is 4. The fourth-order valence-electron chi connectivity index (χ4n) is 2.39. The van der Waals surface area contributed by atoms with E-state index in [0.717, 1.165) is 5.75 Å². The maximum atomic E-state index is 11.5. The zero-order valence-corrected chi connectivity index (χ0v) is 12.5. The molecule has 112 valence electrons. The van der Waals surface area contributed by atoms with Gasteiger partial charge in [0.05, 0.1) is 5.75 Å². The van der Waals surface area contributed by atoms with E-state index in [0.29, 0.717) is 13.0 Å². The quantitative estimate of drug-likeness (QED) is 0.747. The van der Waals surface area contributed by atoms with E-state index < -0.39 is 15.9 Å². The number of quaternary nitrogens is 1. The first-order valence-electron chi connectivity index (χ1n) is 6.79. The summed E-state index contributed by atoms with van der Waals surface area (Å²) in [6.45, 7) is 2.59. The Morgan fingerprint density at radius 1 is 1.40 bits per heavy atom. The summed E-state index contributed by atoms with van der Waals surface area (Å²) in [7, 11) is -2.90. The van der Waals surface area contributed by atoms with Crippen LogP contribution in [0.25, 0.3) is 0 Å². The number of hydrogen-bond donors (Lipinski definition) is 2. The zero-order valence-electron chi connectivity index (χ0n) is 11.7. The SMILES string of the molecule is C[C@]1([NH2+]C[C@@H](O)COc2ccccc2)CCS(=O)(=O)C1. The van der Waals surface area contributed by atoms with Gasteiger partial charge in [0.25, 0.3) is 0 Å². The Hall–Kier alpha value is -1.11. The third-order valence-corrected chi connectivity index (χ3v) is 5.53. The lowest BCUT2D eigenvalue weighted by Crippen LogP contribution is -2.98. The van der Waals surface area contributed by atoms with Crippen molar-refractivity contribution in [1.82, 2.24) is 0 Å². The van der Waals surface area contributed by atoms with Gasteiger partial charge in [-0.3, -0.25) is 0 Å². The summed E-state index contributed by atoms with van der Waals surface area (Å²) >= 11 is 0. The minimum absolute atomic E-state index is 0.187. The summed E-state index contributed by atoms with van der Waals surface area (Å²) in [6.07, 6.45) is 0.0250. The molecule has 0 amide bonds. The van der Waals surface area contributed by atoms with E-state index in [1.807, 2.05) is 42.6 Å². The first kappa shape index (κ1) is 15.3. The molecule has 1 aliphatic rings. The molecular formula is C14H22NO4S+. The fourth-order valence-corrected chi connectivity index (χ4v) is 4.58. The lowest BCUT2D eigenvalue weighted by atomic mass is 10.0. The van der Waals surface area contributed by atoms with Crippen molar-refractivity contribution >= 4 is 9.84 Å². The first-order valence-corrected chi connectivity index (χ1v) is 8.61. The van der Waals surface area contributed by atoms with Gasteiger partial charge in [-0.2, -0.15) is 0 Å². The lowest BCUT2D eigenvalue weighted by molar-refractivity contribution is -0.723. The van der Waals surface area contributed by atoms with Crippen LogP contribution in [0.15, 0.2) is 30.3 Å². The molecule has 1 aromatic carbocycles. The lowest BCUT2D eigenvalue weighted by Gasteiger charge is -2.22. The van der Waals surface area contributed by atoms with E-state index in [2.05, 4.69) is 0 Å². The van der Waals surface area contributed by atoms with Gasteiger partial charge >= 0.3 is 0 Å². The van der Waals surface area contributed by atoms with Crippen molar-refractivity contribution in [3.05, 3.63) is 30.3 Å². The Labute approximate surface area is 119 Å². The molecule has 0 radical (unpaired) electrons. The summed E-state index contributed by atoms with van der Waals surface area (Å²) in [6, 6.07) is 9.32. The van der Waals surface area contributed by atoms with Gasteiger partial charge in [0.2, 0.25) is 0 Å². The highest BCUT2D eigenvalue weighted by Gasteiger charge is 2.41. The van der Waals surface area contributed by atoms with Crippen LogP contribution < -0.4 is 10.1 Å². The summed E-state index contributed by atoms with van der Waals surface area (Å²) in [5.41, 5.74) is -0.313. The van der Waals surface area contributed by atoms with Crippen LogP contribution in [0, 0.1) is 0 Å². The van der Waals surface area contributed by atoms with E-state index in [9.17, 15) is 13.5 Å². The van der Waals surface area contributed by atoms with Crippen LogP contribution in [0.1, 0.15) is 13.3 Å². The second kappa shape index (κ2) is 6.11. The number of aliphatic hydroxyl groups excluding tert-OH is 1. The molecular weight excluding hydrogens is 278 g/mol. The van der Waals surface area contributed by atoms with Crippen LogP contribution in [0.3, 0.4) is 0 Å². The number of ether oxygens (including phenoxy) is 1. The van der Waals surface area contributed by atoms with E-state index in [1.54, 1.807) is 0 Å². The second-order valence-corrected chi connectivity index (χ2v) is 7.90. The van der Waals surface area contributed by atoms with Crippen molar-refractivity contribution in [3.63, 3.8) is 0 Å². The molecule has 2 rings (SSSR count). The molecule has 5 nitrogen and oxygen atoms in total. The number of rotatable bonds is 6. The maximum Gasteiger partial charge on any atom is 0.156 e. The fraction of sp³-hybridized carbons (Fsp3) is 0.571. The predicted octanol–water partition coefficient (Wildman–Crippen LogP) is -0.433. The average molecular weight is 300 g/mol. The Bertz CT molecular complexity index is 531. The summed E-state index contributed by atoms with van der Waals surface area (Å²) in [4.78, 5) is 0. The number of benzene rings is 1.